The Balaban J connectivity index is 0.00000156. The first kappa shape index (κ1) is 16.2. The molecule has 2 aromatic carbocycles. The molecule has 1 aliphatic rings. The molecule has 0 atom stereocenters. The van der Waals surface area contributed by atoms with Crippen LogP contribution in [0, 0.1) is 0 Å². The number of fused-ring (bicyclic) bond motifs is 1. The highest BCUT2D eigenvalue weighted by Gasteiger charge is 2.26. The van der Waals surface area contributed by atoms with Gasteiger partial charge in [-0.3, -0.25) is 0 Å². The summed E-state index contributed by atoms with van der Waals surface area (Å²) >= 11 is 1.99. The van der Waals surface area contributed by atoms with Crippen molar-refractivity contribution in [2.75, 3.05) is 0 Å². The fraction of sp³-hybridized carbons (Fsp3) is 0.190. The maximum absolute atomic E-state index is 2.40. The second kappa shape index (κ2) is 7.25. The van der Waals surface area contributed by atoms with Crippen LogP contribution in [0.4, 0.5) is 0 Å². The highest BCUT2D eigenvalue weighted by atomic mass is 35.5. The lowest BCUT2D eigenvalue weighted by Crippen LogP contribution is -3.00. The largest absolute Gasteiger partial charge is 1.00 e. The van der Waals surface area contributed by atoms with Crippen molar-refractivity contribution in [1.82, 2.24) is 0 Å². The molecule has 0 fully saturated rings. The summed E-state index contributed by atoms with van der Waals surface area (Å²) in [5.41, 5.74) is 5.71. The Morgan fingerprint density at radius 3 is 2.00 bits per heavy atom. The number of hydrogen-bond donors (Lipinski definition) is 0. The monoisotopic (exact) mass is 338 g/mol. The molecule has 1 heterocycles. The number of benzene rings is 2. The van der Waals surface area contributed by atoms with Crippen LogP contribution in [-0.4, -0.2) is 0 Å². The van der Waals surface area contributed by atoms with E-state index >= 15 is 0 Å². The van der Waals surface area contributed by atoms with Gasteiger partial charge < -0.3 is 12.4 Å². The normalized spacial score (nSPS) is 13.0. The van der Waals surface area contributed by atoms with Crippen LogP contribution in [0.25, 0.3) is 21.6 Å². The Labute approximate surface area is 148 Å². The summed E-state index contributed by atoms with van der Waals surface area (Å²) < 4.78 is 0. The lowest BCUT2D eigenvalue weighted by molar-refractivity contribution is -0.00000418. The van der Waals surface area contributed by atoms with E-state index in [4.69, 9.17) is 0 Å². The van der Waals surface area contributed by atoms with Gasteiger partial charge >= 0.3 is 0 Å². The second-order valence-electron chi connectivity index (χ2n) is 5.87. The number of hydrogen-bond acceptors (Lipinski definition) is 0. The fourth-order valence-electron chi connectivity index (χ4n) is 3.28. The van der Waals surface area contributed by atoms with Crippen molar-refractivity contribution in [3.05, 3.63) is 77.2 Å². The molecule has 23 heavy (non-hydrogen) atoms. The SMILES string of the molecule is [Cl-].c1ccc(-c2cc(-c3ccccc3)c3c([s+]2)CCCC3)cc1. The van der Waals surface area contributed by atoms with Gasteiger partial charge in [0.2, 0.25) is 21.1 Å². The average molecular weight is 339 g/mol. The molecule has 0 radical (unpaired) electrons. The molecule has 116 valence electrons. The summed E-state index contributed by atoms with van der Waals surface area (Å²) in [6, 6.07) is 24.0. The van der Waals surface area contributed by atoms with Gasteiger partial charge in [-0.1, -0.05) is 48.5 Å². The van der Waals surface area contributed by atoms with Gasteiger partial charge in [0.05, 0.1) is 0 Å². The van der Waals surface area contributed by atoms with Gasteiger partial charge in [0.1, 0.15) is 0 Å². The van der Waals surface area contributed by atoms with E-state index in [0.717, 1.165) is 0 Å². The number of rotatable bonds is 2. The van der Waals surface area contributed by atoms with Crippen LogP contribution in [-0.2, 0) is 12.8 Å². The van der Waals surface area contributed by atoms with Crippen molar-refractivity contribution < 1.29 is 12.4 Å². The van der Waals surface area contributed by atoms with E-state index in [1.807, 2.05) is 11.3 Å². The number of aryl methyl sites for hydroxylation is 1. The highest BCUT2D eigenvalue weighted by Crippen LogP contribution is 2.39. The molecule has 1 aliphatic carbocycles. The molecule has 0 saturated carbocycles. The van der Waals surface area contributed by atoms with Gasteiger partial charge in [-0.25, -0.2) is 0 Å². The first-order chi connectivity index (χ1) is 10.9. The average Bonchev–Trinajstić information content (AvgIpc) is 2.62. The summed E-state index contributed by atoms with van der Waals surface area (Å²) in [7, 11) is 0. The molecule has 0 amide bonds. The van der Waals surface area contributed by atoms with Gasteiger partial charge in [0.15, 0.2) is 0 Å². The van der Waals surface area contributed by atoms with Crippen LogP contribution in [0.3, 0.4) is 0 Å². The quantitative estimate of drug-likeness (QED) is 0.629. The highest BCUT2D eigenvalue weighted by molar-refractivity contribution is 7.15. The van der Waals surface area contributed by atoms with E-state index in [-0.39, 0.29) is 12.4 Å². The van der Waals surface area contributed by atoms with Crippen molar-refractivity contribution in [3.8, 4) is 21.6 Å². The molecule has 0 spiro atoms. The summed E-state index contributed by atoms with van der Waals surface area (Å²) in [6.07, 6.45) is 5.12. The second-order valence-corrected chi connectivity index (χ2v) is 7.00. The zero-order valence-corrected chi connectivity index (χ0v) is 14.5. The van der Waals surface area contributed by atoms with Gasteiger partial charge in [0, 0.05) is 23.6 Å². The van der Waals surface area contributed by atoms with Crippen LogP contribution < -0.4 is 12.4 Å². The maximum atomic E-state index is 2.40. The molecule has 0 bridgehead atoms. The first-order valence-electron chi connectivity index (χ1n) is 8.01. The van der Waals surface area contributed by atoms with Crippen LogP contribution >= 0.6 is 11.3 Å². The first-order valence-corrected chi connectivity index (χ1v) is 8.83. The van der Waals surface area contributed by atoms with Gasteiger partial charge in [0.25, 0.3) is 0 Å². The Bertz CT molecular complexity index is 782. The van der Waals surface area contributed by atoms with E-state index in [9.17, 15) is 0 Å². The lowest BCUT2D eigenvalue weighted by Gasteiger charge is -2.14. The maximum Gasteiger partial charge on any atom is 0.238 e. The predicted molar refractivity (Wildman–Crippen MR) is 96.2 cm³/mol. The van der Waals surface area contributed by atoms with E-state index in [0.29, 0.717) is 0 Å². The van der Waals surface area contributed by atoms with Crippen LogP contribution in [0.5, 0.6) is 0 Å². The standard InChI is InChI=1S/C21H19S.ClH/c1-3-9-16(10-4-1)19-15-21(17-11-5-2-6-12-17)22-20-14-8-7-13-18(19)20;/h1-6,9-12,15H,7-8,13-14H2;1H/q+1;/p-1. The van der Waals surface area contributed by atoms with Gasteiger partial charge in [-0.15, -0.1) is 0 Å². The Morgan fingerprint density at radius 2 is 1.30 bits per heavy atom. The van der Waals surface area contributed by atoms with Crippen molar-refractivity contribution in [2.45, 2.75) is 25.7 Å². The van der Waals surface area contributed by atoms with Crippen LogP contribution in [0.1, 0.15) is 23.3 Å². The molecule has 0 unspecified atom stereocenters. The van der Waals surface area contributed by atoms with Crippen molar-refractivity contribution >= 4 is 11.3 Å². The van der Waals surface area contributed by atoms with Crippen molar-refractivity contribution in [2.24, 2.45) is 0 Å². The molecule has 2 heteroatoms. The summed E-state index contributed by atoms with van der Waals surface area (Å²) in [5, 5.41) is 0. The summed E-state index contributed by atoms with van der Waals surface area (Å²) in [4.78, 5) is 2.98. The third-order valence-electron chi connectivity index (χ3n) is 4.39. The molecular formula is C21H19ClS. The van der Waals surface area contributed by atoms with Gasteiger partial charge in [-0.05, 0) is 42.5 Å². The molecule has 1 aromatic heterocycles. The zero-order chi connectivity index (χ0) is 14.8. The zero-order valence-electron chi connectivity index (χ0n) is 13.0. The third kappa shape index (κ3) is 3.31. The Hall–Kier alpha value is -1.70. The molecule has 0 nitrogen and oxygen atoms in total. The minimum atomic E-state index is 0. The molecule has 3 aromatic rings. The van der Waals surface area contributed by atoms with E-state index in [2.05, 4.69) is 66.7 Å². The fourth-order valence-corrected chi connectivity index (χ4v) is 4.55. The van der Waals surface area contributed by atoms with Gasteiger partial charge in [-0.2, -0.15) is 0 Å². The summed E-state index contributed by atoms with van der Waals surface area (Å²) in [6.45, 7) is 0. The van der Waals surface area contributed by atoms with Crippen LogP contribution in [0.2, 0.25) is 0 Å². The Morgan fingerprint density at radius 1 is 0.696 bits per heavy atom. The predicted octanol–water partition coefficient (Wildman–Crippen LogP) is 3.25. The minimum absolute atomic E-state index is 0. The van der Waals surface area contributed by atoms with Crippen molar-refractivity contribution in [3.63, 3.8) is 0 Å². The van der Waals surface area contributed by atoms with E-state index in [1.165, 1.54) is 47.3 Å². The Kier molecular flexibility index (Phi) is 5.09. The summed E-state index contributed by atoms with van der Waals surface area (Å²) in [5.74, 6) is 0. The molecule has 0 N–H and O–H groups in total. The molecular weight excluding hydrogens is 320 g/mol. The lowest BCUT2D eigenvalue weighted by atomic mass is 9.91. The molecule has 0 aliphatic heterocycles. The minimum Gasteiger partial charge on any atom is -1.00 e. The third-order valence-corrected chi connectivity index (χ3v) is 5.66. The topological polar surface area (TPSA) is 0 Å². The molecule has 0 saturated heterocycles. The van der Waals surface area contributed by atoms with E-state index in [1.54, 1.807) is 10.4 Å². The number of halogens is 1. The smallest absolute Gasteiger partial charge is 0.238 e. The van der Waals surface area contributed by atoms with Crippen molar-refractivity contribution in [1.29, 1.82) is 0 Å². The molecule has 4 rings (SSSR count). The van der Waals surface area contributed by atoms with E-state index < -0.39 is 0 Å². The van der Waals surface area contributed by atoms with Crippen LogP contribution in [0.15, 0.2) is 66.7 Å².